The van der Waals surface area contributed by atoms with E-state index in [1.807, 2.05) is 13.8 Å². The zero-order chi connectivity index (χ0) is 13.9. The molecule has 0 bridgehead atoms. The van der Waals surface area contributed by atoms with E-state index in [9.17, 15) is 14.7 Å². The van der Waals surface area contributed by atoms with E-state index in [1.165, 1.54) is 0 Å². The fraction of sp³-hybridized carbons (Fsp3) is 0.733. The summed E-state index contributed by atoms with van der Waals surface area (Å²) in [6.45, 7) is 7.75. The normalized spacial score (nSPS) is 49.6. The predicted molar refractivity (Wildman–Crippen MR) is 68.1 cm³/mol. The van der Waals surface area contributed by atoms with E-state index < -0.39 is 18.2 Å². The zero-order valence-electron chi connectivity index (χ0n) is 11.4. The van der Waals surface area contributed by atoms with Gasteiger partial charge in [-0.05, 0) is 18.8 Å². The maximum atomic E-state index is 11.9. The summed E-state index contributed by atoms with van der Waals surface area (Å²) in [7, 11) is 0. The number of ether oxygens (including phenoxy) is 1. The average molecular weight is 264 g/mol. The first kappa shape index (κ1) is 12.9. The van der Waals surface area contributed by atoms with E-state index in [0.717, 1.165) is 6.42 Å². The van der Waals surface area contributed by atoms with E-state index in [1.54, 1.807) is 0 Å². The summed E-state index contributed by atoms with van der Waals surface area (Å²) in [5.41, 5.74) is 0.121. The highest BCUT2D eigenvalue weighted by atomic mass is 16.6. The smallest absolute Gasteiger partial charge is 0.334 e. The summed E-state index contributed by atoms with van der Waals surface area (Å²) in [4.78, 5) is 23.6. The number of aliphatic hydroxyl groups excluding tert-OH is 1. The van der Waals surface area contributed by atoms with Crippen LogP contribution in [0.25, 0.3) is 0 Å². The fourth-order valence-electron chi connectivity index (χ4n) is 4.28. The summed E-state index contributed by atoms with van der Waals surface area (Å²) >= 11 is 0. The van der Waals surface area contributed by atoms with Crippen LogP contribution in [0.15, 0.2) is 12.2 Å². The van der Waals surface area contributed by atoms with Gasteiger partial charge in [0.15, 0.2) is 0 Å². The van der Waals surface area contributed by atoms with Crippen LogP contribution in [0.5, 0.6) is 0 Å². The number of rotatable bonds is 0. The molecule has 1 N–H and O–H groups in total. The quantitative estimate of drug-likeness (QED) is 0.531. The molecule has 0 unspecified atom stereocenters. The number of Topliss-reactive ketones (excluding diaryl/α,β-unsaturated/α-hetero) is 1. The molecular formula is C15H20O4. The minimum absolute atomic E-state index is 0.0575. The van der Waals surface area contributed by atoms with Crippen molar-refractivity contribution < 1.29 is 19.4 Å². The van der Waals surface area contributed by atoms with Gasteiger partial charge in [-0.1, -0.05) is 20.4 Å². The van der Waals surface area contributed by atoms with Crippen LogP contribution in [0.1, 0.15) is 33.1 Å². The Morgan fingerprint density at radius 2 is 2.11 bits per heavy atom. The molecule has 0 radical (unpaired) electrons. The standard InChI is InChI=1S/C15H20O4/c1-7-9-6-10-8(2)11(16)4-5-15(10,3)13(17)12(9)19-14(7)18/h8-10,12-13,17H,1,4-6H2,2-3H3/t8-,9-,10+,12-,13-,15+/m0/s1. The molecule has 3 rings (SSSR count). The van der Waals surface area contributed by atoms with Gasteiger partial charge in [-0.2, -0.15) is 0 Å². The van der Waals surface area contributed by atoms with Gasteiger partial charge < -0.3 is 9.84 Å². The van der Waals surface area contributed by atoms with E-state index >= 15 is 0 Å². The lowest BCUT2D eigenvalue weighted by Gasteiger charge is -2.53. The van der Waals surface area contributed by atoms with Gasteiger partial charge >= 0.3 is 5.97 Å². The monoisotopic (exact) mass is 264 g/mol. The second-order valence-corrected chi connectivity index (χ2v) is 6.55. The van der Waals surface area contributed by atoms with E-state index in [0.29, 0.717) is 18.4 Å². The highest BCUT2D eigenvalue weighted by Gasteiger charge is 2.60. The van der Waals surface area contributed by atoms with Crippen molar-refractivity contribution in [2.75, 3.05) is 0 Å². The number of esters is 1. The van der Waals surface area contributed by atoms with Crippen LogP contribution >= 0.6 is 0 Å². The Hall–Kier alpha value is -1.16. The Balaban J connectivity index is 1.98. The van der Waals surface area contributed by atoms with Crippen LogP contribution in [0, 0.1) is 23.2 Å². The highest BCUT2D eigenvalue weighted by molar-refractivity contribution is 5.91. The van der Waals surface area contributed by atoms with Crippen molar-refractivity contribution >= 4 is 11.8 Å². The minimum atomic E-state index is -0.699. The first-order valence-corrected chi connectivity index (χ1v) is 6.97. The molecule has 4 nitrogen and oxygen atoms in total. The maximum Gasteiger partial charge on any atom is 0.334 e. The van der Waals surface area contributed by atoms with Crippen molar-refractivity contribution in [3.05, 3.63) is 12.2 Å². The molecule has 0 aromatic carbocycles. The first-order chi connectivity index (χ1) is 8.86. The van der Waals surface area contributed by atoms with Gasteiger partial charge in [-0.15, -0.1) is 0 Å². The Labute approximate surface area is 112 Å². The third-order valence-electron chi connectivity index (χ3n) is 5.71. The average Bonchev–Trinajstić information content (AvgIpc) is 2.66. The first-order valence-electron chi connectivity index (χ1n) is 6.97. The summed E-state index contributed by atoms with van der Waals surface area (Å²) in [6, 6.07) is 0. The second-order valence-electron chi connectivity index (χ2n) is 6.55. The lowest BCUT2D eigenvalue weighted by molar-refractivity contribution is -0.175. The molecule has 2 aliphatic carbocycles. The predicted octanol–water partition coefficient (Wildman–Crippen LogP) is 1.47. The number of fused-ring (bicyclic) bond motifs is 2. The van der Waals surface area contributed by atoms with Crippen molar-refractivity contribution in [2.45, 2.75) is 45.3 Å². The number of ketones is 1. The van der Waals surface area contributed by atoms with Crippen LogP contribution in [0.4, 0.5) is 0 Å². The van der Waals surface area contributed by atoms with Crippen molar-refractivity contribution in [1.82, 2.24) is 0 Å². The Kier molecular flexibility index (Phi) is 2.65. The molecule has 3 fully saturated rings. The SMILES string of the molecule is C=C1C(=O)O[C@H]2[C@H]1C[C@@H]1[C@H](C)C(=O)CC[C@@]1(C)[C@H]2O. The summed E-state index contributed by atoms with van der Waals surface area (Å²) in [6.07, 6.45) is 0.735. The van der Waals surface area contributed by atoms with Crippen LogP contribution < -0.4 is 0 Å². The molecule has 4 heteroatoms. The lowest BCUT2D eigenvalue weighted by atomic mass is 9.52. The number of aliphatic hydroxyl groups is 1. The van der Waals surface area contributed by atoms with Crippen LogP contribution in [-0.2, 0) is 14.3 Å². The van der Waals surface area contributed by atoms with Crippen LogP contribution in [0.3, 0.4) is 0 Å². The van der Waals surface area contributed by atoms with Crippen molar-refractivity contribution in [3.8, 4) is 0 Å². The zero-order valence-corrected chi connectivity index (χ0v) is 11.4. The van der Waals surface area contributed by atoms with Gasteiger partial charge in [0.05, 0.1) is 6.10 Å². The number of carbonyl (C=O) groups excluding carboxylic acids is 2. The van der Waals surface area contributed by atoms with Crippen molar-refractivity contribution in [1.29, 1.82) is 0 Å². The fourth-order valence-corrected chi connectivity index (χ4v) is 4.28. The summed E-state index contributed by atoms with van der Waals surface area (Å²) in [5.74, 6) is -0.206. The lowest BCUT2D eigenvalue weighted by Crippen LogP contribution is -2.57. The summed E-state index contributed by atoms with van der Waals surface area (Å²) < 4.78 is 5.29. The van der Waals surface area contributed by atoms with Gasteiger partial charge in [-0.25, -0.2) is 4.79 Å². The molecule has 19 heavy (non-hydrogen) atoms. The molecule has 1 saturated heterocycles. The van der Waals surface area contributed by atoms with Gasteiger partial charge in [0.2, 0.25) is 0 Å². The summed E-state index contributed by atoms with van der Waals surface area (Å²) in [5, 5.41) is 10.6. The molecule has 6 atom stereocenters. The number of carbonyl (C=O) groups is 2. The molecule has 0 aromatic heterocycles. The van der Waals surface area contributed by atoms with Crippen molar-refractivity contribution in [3.63, 3.8) is 0 Å². The highest BCUT2D eigenvalue weighted by Crippen LogP contribution is 2.56. The topological polar surface area (TPSA) is 63.6 Å². The molecule has 0 aromatic rings. The second kappa shape index (κ2) is 3.92. The van der Waals surface area contributed by atoms with E-state index in [-0.39, 0.29) is 29.0 Å². The van der Waals surface area contributed by atoms with Gasteiger partial charge in [0.25, 0.3) is 0 Å². The third kappa shape index (κ3) is 1.55. The van der Waals surface area contributed by atoms with Crippen molar-refractivity contribution in [2.24, 2.45) is 23.2 Å². The van der Waals surface area contributed by atoms with Gasteiger partial charge in [-0.3, -0.25) is 4.79 Å². The Morgan fingerprint density at radius 3 is 2.79 bits per heavy atom. The molecule has 1 aliphatic heterocycles. The van der Waals surface area contributed by atoms with Gasteiger partial charge in [0.1, 0.15) is 11.9 Å². The molecule has 0 spiro atoms. The molecular weight excluding hydrogens is 244 g/mol. The van der Waals surface area contributed by atoms with Crippen LogP contribution in [0.2, 0.25) is 0 Å². The molecule has 104 valence electrons. The molecule has 0 amide bonds. The third-order valence-corrected chi connectivity index (χ3v) is 5.71. The van der Waals surface area contributed by atoms with E-state index in [4.69, 9.17) is 4.74 Å². The van der Waals surface area contributed by atoms with Gasteiger partial charge in [0, 0.05) is 29.2 Å². The van der Waals surface area contributed by atoms with Crippen LogP contribution in [-0.4, -0.2) is 29.1 Å². The van der Waals surface area contributed by atoms with E-state index in [2.05, 4.69) is 6.58 Å². The maximum absolute atomic E-state index is 11.9. The molecule has 2 saturated carbocycles. The Morgan fingerprint density at radius 1 is 1.42 bits per heavy atom. The number of hydrogen-bond acceptors (Lipinski definition) is 4. The molecule has 1 heterocycles. The number of hydrogen-bond donors (Lipinski definition) is 1. The minimum Gasteiger partial charge on any atom is -0.456 e. The Bertz CT molecular complexity index is 469. The molecule has 3 aliphatic rings. The largest absolute Gasteiger partial charge is 0.456 e.